The van der Waals surface area contributed by atoms with E-state index in [9.17, 15) is 9.90 Å². The smallest absolute Gasteiger partial charge is 0.308 e. The minimum atomic E-state index is -0.545. The third-order valence-corrected chi connectivity index (χ3v) is 2.43. The van der Waals surface area contributed by atoms with Crippen LogP contribution in [0.5, 0.6) is 0 Å². The highest BCUT2D eigenvalue weighted by Crippen LogP contribution is 2.15. The third kappa shape index (κ3) is 8.43. The summed E-state index contributed by atoms with van der Waals surface area (Å²) in [7, 11) is 0. The van der Waals surface area contributed by atoms with E-state index in [1.807, 2.05) is 0 Å². The quantitative estimate of drug-likeness (QED) is 0.634. The van der Waals surface area contributed by atoms with Crippen molar-refractivity contribution in [3.05, 3.63) is 0 Å². The molecule has 0 rings (SSSR count). The summed E-state index contributed by atoms with van der Waals surface area (Å²) in [6.45, 7) is 6.43. The maximum absolute atomic E-state index is 11.1. The van der Waals surface area contributed by atoms with E-state index in [-0.39, 0.29) is 12.4 Å². The standard InChI is InChI=1S/C12H24O3/c1-4-6-7-10(3)8-11(13)9-12(14)15-5-2/h10-11,13H,4-9H2,1-3H3. The van der Waals surface area contributed by atoms with Crippen LogP contribution in [0.25, 0.3) is 0 Å². The molecule has 90 valence electrons. The lowest BCUT2D eigenvalue weighted by atomic mass is 9.96. The molecular formula is C12H24O3. The van der Waals surface area contributed by atoms with Crippen molar-refractivity contribution in [2.24, 2.45) is 5.92 Å². The van der Waals surface area contributed by atoms with E-state index in [0.29, 0.717) is 18.9 Å². The van der Waals surface area contributed by atoms with Gasteiger partial charge in [-0.15, -0.1) is 0 Å². The molecule has 3 heteroatoms. The van der Waals surface area contributed by atoms with E-state index in [4.69, 9.17) is 4.74 Å². The van der Waals surface area contributed by atoms with Crippen molar-refractivity contribution in [1.82, 2.24) is 0 Å². The molecule has 0 fully saturated rings. The molecule has 0 saturated heterocycles. The van der Waals surface area contributed by atoms with E-state index in [1.54, 1.807) is 6.92 Å². The second-order valence-electron chi connectivity index (χ2n) is 4.15. The molecule has 0 aliphatic carbocycles. The van der Waals surface area contributed by atoms with Crippen LogP contribution in [0.15, 0.2) is 0 Å². The molecule has 0 saturated carbocycles. The Labute approximate surface area is 92.8 Å². The number of aliphatic hydroxyl groups excluding tert-OH is 1. The van der Waals surface area contributed by atoms with Gasteiger partial charge in [0.25, 0.3) is 0 Å². The van der Waals surface area contributed by atoms with E-state index < -0.39 is 6.10 Å². The second kappa shape index (κ2) is 8.72. The predicted octanol–water partition coefficient (Wildman–Crippen LogP) is 2.52. The highest BCUT2D eigenvalue weighted by Gasteiger charge is 2.14. The average Bonchev–Trinajstić information content (AvgIpc) is 2.14. The summed E-state index contributed by atoms with van der Waals surface area (Å²) < 4.78 is 4.78. The Morgan fingerprint density at radius 2 is 2.07 bits per heavy atom. The number of hydrogen-bond donors (Lipinski definition) is 1. The van der Waals surface area contributed by atoms with Crippen molar-refractivity contribution in [3.8, 4) is 0 Å². The van der Waals surface area contributed by atoms with E-state index in [1.165, 1.54) is 12.8 Å². The number of esters is 1. The van der Waals surface area contributed by atoms with Gasteiger partial charge in [0, 0.05) is 0 Å². The summed E-state index contributed by atoms with van der Waals surface area (Å²) in [5, 5.41) is 9.62. The van der Waals surface area contributed by atoms with Crippen molar-refractivity contribution in [1.29, 1.82) is 0 Å². The summed E-state index contributed by atoms with van der Waals surface area (Å²) in [6, 6.07) is 0. The number of carbonyl (C=O) groups is 1. The first-order chi connectivity index (χ1) is 7.10. The molecule has 0 spiro atoms. The topological polar surface area (TPSA) is 46.5 Å². The van der Waals surface area contributed by atoms with Crippen LogP contribution in [0.4, 0.5) is 0 Å². The van der Waals surface area contributed by atoms with Crippen LogP contribution in [0, 0.1) is 5.92 Å². The lowest BCUT2D eigenvalue weighted by Gasteiger charge is -2.15. The molecule has 15 heavy (non-hydrogen) atoms. The first-order valence-corrected chi connectivity index (χ1v) is 5.93. The molecule has 0 bridgehead atoms. The molecule has 0 aromatic heterocycles. The number of aliphatic hydroxyl groups is 1. The van der Waals surface area contributed by atoms with E-state index in [2.05, 4.69) is 13.8 Å². The summed E-state index contributed by atoms with van der Waals surface area (Å²) >= 11 is 0. The molecule has 2 atom stereocenters. The molecular weight excluding hydrogens is 192 g/mol. The highest BCUT2D eigenvalue weighted by atomic mass is 16.5. The molecule has 0 heterocycles. The zero-order valence-electron chi connectivity index (χ0n) is 10.2. The van der Waals surface area contributed by atoms with Gasteiger partial charge in [-0.05, 0) is 19.3 Å². The van der Waals surface area contributed by atoms with Crippen molar-refractivity contribution in [2.75, 3.05) is 6.61 Å². The highest BCUT2D eigenvalue weighted by molar-refractivity contribution is 5.69. The Morgan fingerprint density at radius 3 is 2.60 bits per heavy atom. The molecule has 0 aliphatic heterocycles. The van der Waals surface area contributed by atoms with Crippen molar-refractivity contribution in [3.63, 3.8) is 0 Å². The molecule has 0 aromatic carbocycles. The summed E-state index contributed by atoms with van der Waals surface area (Å²) in [5.74, 6) is 0.182. The van der Waals surface area contributed by atoms with Crippen molar-refractivity contribution in [2.45, 2.75) is 59.0 Å². The fraction of sp³-hybridized carbons (Fsp3) is 0.917. The van der Waals surface area contributed by atoms with Gasteiger partial charge < -0.3 is 9.84 Å². The van der Waals surface area contributed by atoms with Crippen LogP contribution in [0.2, 0.25) is 0 Å². The SMILES string of the molecule is CCCCC(C)CC(O)CC(=O)OCC. The first-order valence-electron chi connectivity index (χ1n) is 5.93. The first kappa shape index (κ1) is 14.4. The van der Waals surface area contributed by atoms with Crippen LogP contribution < -0.4 is 0 Å². The minimum Gasteiger partial charge on any atom is -0.466 e. The molecule has 2 unspecified atom stereocenters. The Kier molecular flexibility index (Phi) is 8.38. The van der Waals surface area contributed by atoms with Gasteiger partial charge in [-0.25, -0.2) is 0 Å². The zero-order chi connectivity index (χ0) is 11.7. The number of ether oxygens (including phenoxy) is 1. The minimum absolute atomic E-state index is 0.129. The van der Waals surface area contributed by atoms with Crippen LogP contribution in [0.1, 0.15) is 52.9 Å². The van der Waals surface area contributed by atoms with Gasteiger partial charge in [0.2, 0.25) is 0 Å². The number of carbonyl (C=O) groups excluding carboxylic acids is 1. The van der Waals surface area contributed by atoms with Gasteiger partial charge in [0.05, 0.1) is 19.1 Å². The third-order valence-electron chi connectivity index (χ3n) is 2.43. The van der Waals surface area contributed by atoms with Gasteiger partial charge in [0.1, 0.15) is 0 Å². The fourth-order valence-corrected chi connectivity index (χ4v) is 1.63. The largest absolute Gasteiger partial charge is 0.466 e. The molecule has 0 radical (unpaired) electrons. The molecule has 0 aliphatic rings. The summed E-state index contributed by atoms with van der Waals surface area (Å²) in [6.07, 6.45) is 3.77. The normalized spacial score (nSPS) is 14.7. The summed E-state index contributed by atoms with van der Waals surface area (Å²) in [5.41, 5.74) is 0. The lowest BCUT2D eigenvalue weighted by molar-refractivity contribution is -0.145. The molecule has 3 nitrogen and oxygen atoms in total. The Hall–Kier alpha value is -0.570. The Morgan fingerprint density at radius 1 is 1.40 bits per heavy atom. The average molecular weight is 216 g/mol. The van der Waals surface area contributed by atoms with Gasteiger partial charge in [0.15, 0.2) is 0 Å². The second-order valence-corrected chi connectivity index (χ2v) is 4.15. The molecule has 0 amide bonds. The van der Waals surface area contributed by atoms with Crippen LogP contribution >= 0.6 is 0 Å². The fourth-order valence-electron chi connectivity index (χ4n) is 1.63. The van der Waals surface area contributed by atoms with E-state index in [0.717, 1.165) is 6.42 Å². The van der Waals surface area contributed by atoms with Gasteiger partial charge >= 0.3 is 5.97 Å². The number of rotatable bonds is 8. The maximum atomic E-state index is 11.1. The number of unbranched alkanes of at least 4 members (excludes halogenated alkanes) is 1. The predicted molar refractivity (Wildman–Crippen MR) is 60.6 cm³/mol. The number of hydrogen-bond acceptors (Lipinski definition) is 3. The lowest BCUT2D eigenvalue weighted by Crippen LogP contribution is -2.18. The van der Waals surface area contributed by atoms with Crippen molar-refractivity contribution < 1.29 is 14.6 Å². The van der Waals surface area contributed by atoms with Crippen LogP contribution in [-0.2, 0) is 9.53 Å². The Balaban J connectivity index is 3.62. The van der Waals surface area contributed by atoms with Crippen molar-refractivity contribution >= 4 is 5.97 Å². The monoisotopic (exact) mass is 216 g/mol. The summed E-state index contributed by atoms with van der Waals surface area (Å²) in [4.78, 5) is 11.1. The zero-order valence-corrected chi connectivity index (χ0v) is 10.2. The molecule has 1 N–H and O–H groups in total. The maximum Gasteiger partial charge on any atom is 0.308 e. The Bertz CT molecular complexity index is 168. The van der Waals surface area contributed by atoms with E-state index >= 15 is 0 Å². The molecule has 0 aromatic rings. The van der Waals surface area contributed by atoms with Crippen LogP contribution in [0.3, 0.4) is 0 Å². The van der Waals surface area contributed by atoms with Gasteiger partial charge in [-0.2, -0.15) is 0 Å². The van der Waals surface area contributed by atoms with Gasteiger partial charge in [-0.3, -0.25) is 4.79 Å². The van der Waals surface area contributed by atoms with Crippen LogP contribution in [-0.4, -0.2) is 23.8 Å². The van der Waals surface area contributed by atoms with Gasteiger partial charge in [-0.1, -0.05) is 33.1 Å².